The average molecular weight is 290 g/mol. The predicted molar refractivity (Wildman–Crippen MR) is 58.7 cm³/mol. The molecule has 0 saturated heterocycles. The van der Waals surface area contributed by atoms with Crippen molar-refractivity contribution in [2.75, 3.05) is 7.11 Å². The van der Waals surface area contributed by atoms with E-state index in [2.05, 4.69) is 15.9 Å². The van der Waals surface area contributed by atoms with Gasteiger partial charge in [0.2, 0.25) is 0 Å². The molecule has 0 bridgehead atoms. The standard InChI is InChI=1S/C9H8BrNO5/c1-16-7-3-2-6(10)5(4-8(12)13)9(7)11(14)15/h2-3H,4H2,1H3,(H,12,13). The minimum Gasteiger partial charge on any atom is -0.490 e. The van der Waals surface area contributed by atoms with E-state index in [0.29, 0.717) is 4.47 Å². The number of carboxylic acid groups (broad SMARTS) is 1. The maximum atomic E-state index is 10.8. The first-order chi connectivity index (χ1) is 7.47. The normalized spacial score (nSPS) is 9.88. The van der Waals surface area contributed by atoms with Crippen molar-refractivity contribution >= 4 is 27.6 Å². The lowest BCUT2D eigenvalue weighted by Crippen LogP contribution is -2.06. The van der Waals surface area contributed by atoms with Crippen molar-refractivity contribution in [1.82, 2.24) is 0 Å². The first kappa shape index (κ1) is 12.4. The van der Waals surface area contributed by atoms with Crippen LogP contribution < -0.4 is 4.74 Å². The number of nitro benzene ring substituents is 1. The molecule has 0 saturated carbocycles. The van der Waals surface area contributed by atoms with Gasteiger partial charge in [-0.1, -0.05) is 15.9 Å². The van der Waals surface area contributed by atoms with Crippen molar-refractivity contribution in [1.29, 1.82) is 0 Å². The van der Waals surface area contributed by atoms with Crippen LogP contribution in [0, 0.1) is 10.1 Å². The smallest absolute Gasteiger partial charge is 0.315 e. The van der Waals surface area contributed by atoms with E-state index in [9.17, 15) is 14.9 Å². The summed E-state index contributed by atoms with van der Waals surface area (Å²) in [5.74, 6) is -1.10. The number of carbonyl (C=O) groups is 1. The van der Waals surface area contributed by atoms with Gasteiger partial charge in [-0.05, 0) is 12.1 Å². The Bertz CT molecular complexity index is 446. The van der Waals surface area contributed by atoms with Crippen LogP contribution in [0.5, 0.6) is 5.75 Å². The molecule has 0 fully saturated rings. The largest absolute Gasteiger partial charge is 0.490 e. The van der Waals surface area contributed by atoms with Crippen LogP contribution in [-0.4, -0.2) is 23.1 Å². The number of aliphatic carboxylic acids is 1. The summed E-state index contributed by atoms with van der Waals surface area (Å²) >= 11 is 3.08. The molecule has 0 heterocycles. The van der Waals surface area contributed by atoms with Crippen molar-refractivity contribution < 1.29 is 19.6 Å². The fourth-order valence-electron chi connectivity index (χ4n) is 1.27. The zero-order valence-corrected chi connectivity index (χ0v) is 9.85. The van der Waals surface area contributed by atoms with Gasteiger partial charge in [-0.2, -0.15) is 0 Å². The summed E-state index contributed by atoms with van der Waals surface area (Å²) in [6.45, 7) is 0. The molecule has 0 aliphatic carbocycles. The maximum Gasteiger partial charge on any atom is 0.315 e. The number of rotatable bonds is 4. The highest BCUT2D eigenvalue weighted by atomic mass is 79.9. The van der Waals surface area contributed by atoms with Gasteiger partial charge in [0, 0.05) is 4.47 Å². The van der Waals surface area contributed by atoms with Gasteiger partial charge >= 0.3 is 11.7 Å². The third-order valence-corrected chi connectivity index (χ3v) is 2.66. The van der Waals surface area contributed by atoms with E-state index in [-0.39, 0.29) is 17.0 Å². The molecule has 0 unspecified atom stereocenters. The van der Waals surface area contributed by atoms with Crippen LogP contribution in [0.4, 0.5) is 5.69 Å². The second-order valence-corrected chi connectivity index (χ2v) is 3.76. The highest BCUT2D eigenvalue weighted by molar-refractivity contribution is 9.10. The van der Waals surface area contributed by atoms with Gasteiger partial charge in [0.15, 0.2) is 5.75 Å². The van der Waals surface area contributed by atoms with E-state index in [0.717, 1.165) is 0 Å². The molecule has 0 amide bonds. The molecule has 1 rings (SSSR count). The van der Waals surface area contributed by atoms with Crippen LogP contribution >= 0.6 is 15.9 Å². The third kappa shape index (κ3) is 2.48. The van der Waals surface area contributed by atoms with Crippen LogP contribution in [0.15, 0.2) is 16.6 Å². The van der Waals surface area contributed by atoms with Gasteiger partial charge in [0.1, 0.15) is 0 Å². The minimum absolute atomic E-state index is 0.0458. The van der Waals surface area contributed by atoms with E-state index < -0.39 is 17.3 Å². The molecular weight excluding hydrogens is 282 g/mol. The summed E-state index contributed by atoms with van der Waals surface area (Å²) in [4.78, 5) is 20.8. The molecule has 6 nitrogen and oxygen atoms in total. The summed E-state index contributed by atoms with van der Waals surface area (Å²) in [5, 5.41) is 19.5. The number of nitro groups is 1. The highest BCUT2D eigenvalue weighted by Crippen LogP contribution is 2.35. The lowest BCUT2D eigenvalue weighted by molar-refractivity contribution is -0.386. The van der Waals surface area contributed by atoms with E-state index in [1.807, 2.05) is 0 Å². The first-order valence-corrected chi connectivity index (χ1v) is 4.98. The quantitative estimate of drug-likeness (QED) is 0.676. The van der Waals surface area contributed by atoms with Crippen molar-refractivity contribution in [2.24, 2.45) is 0 Å². The molecular formula is C9H8BrNO5. The fourth-order valence-corrected chi connectivity index (χ4v) is 1.73. The van der Waals surface area contributed by atoms with Crippen molar-refractivity contribution in [3.63, 3.8) is 0 Å². The molecule has 1 N–H and O–H groups in total. The topological polar surface area (TPSA) is 89.7 Å². The molecule has 0 aliphatic heterocycles. The monoisotopic (exact) mass is 289 g/mol. The van der Waals surface area contributed by atoms with Gasteiger partial charge in [-0.15, -0.1) is 0 Å². The number of hydrogen-bond acceptors (Lipinski definition) is 4. The van der Waals surface area contributed by atoms with E-state index in [1.54, 1.807) is 0 Å². The number of ether oxygens (including phenoxy) is 1. The molecule has 86 valence electrons. The molecule has 0 aliphatic rings. The van der Waals surface area contributed by atoms with Gasteiger partial charge < -0.3 is 9.84 Å². The van der Waals surface area contributed by atoms with Gasteiger partial charge in [0.05, 0.1) is 24.0 Å². The Kier molecular flexibility index (Phi) is 3.83. The van der Waals surface area contributed by atoms with Crippen LogP contribution in [0.2, 0.25) is 0 Å². The molecule has 7 heteroatoms. The Morgan fingerprint density at radius 2 is 2.25 bits per heavy atom. The SMILES string of the molecule is COc1ccc(Br)c(CC(=O)O)c1[N+](=O)[O-]. The molecule has 0 spiro atoms. The van der Waals surface area contributed by atoms with E-state index >= 15 is 0 Å². The Morgan fingerprint density at radius 1 is 1.62 bits per heavy atom. The minimum atomic E-state index is -1.14. The summed E-state index contributed by atoms with van der Waals surface area (Å²) in [5.41, 5.74) is -0.226. The predicted octanol–water partition coefficient (Wildman–Crippen LogP) is 1.99. The zero-order valence-electron chi connectivity index (χ0n) is 8.27. The van der Waals surface area contributed by atoms with Gasteiger partial charge in [-0.3, -0.25) is 14.9 Å². The fraction of sp³-hybridized carbons (Fsp3) is 0.222. The van der Waals surface area contributed by atoms with Crippen molar-refractivity contribution in [2.45, 2.75) is 6.42 Å². The summed E-state index contributed by atoms with van der Waals surface area (Å²) in [6, 6.07) is 2.93. The number of methoxy groups -OCH3 is 1. The Balaban J connectivity index is 3.41. The third-order valence-electron chi connectivity index (χ3n) is 1.92. The maximum absolute atomic E-state index is 10.8. The molecule has 16 heavy (non-hydrogen) atoms. The molecule has 1 aromatic rings. The Hall–Kier alpha value is -1.63. The number of hydrogen-bond donors (Lipinski definition) is 1. The average Bonchev–Trinajstić information content (AvgIpc) is 2.19. The summed E-state index contributed by atoms with van der Waals surface area (Å²) in [7, 11) is 1.29. The summed E-state index contributed by atoms with van der Waals surface area (Å²) < 4.78 is 5.21. The van der Waals surface area contributed by atoms with Crippen molar-refractivity contribution in [3.05, 3.63) is 32.3 Å². The highest BCUT2D eigenvalue weighted by Gasteiger charge is 2.24. The number of benzene rings is 1. The summed E-state index contributed by atoms with van der Waals surface area (Å²) in [6.07, 6.45) is -0.436. The van der Waals surface area contributed by atoms with Crippen LogP contribution in [0.1, 0.15) is 5.56 Å². The van der Waals surface area contributed by atoms with Gasteiger partial charge in [-0.25, -0.2) is 0 Å². The zero-order chi connectivity index (χ0) is 12.3. The second kappa shape index (κ2) is 4.93. The Morgan fingerprint density at radius 3 is 2.69 bits per heavy atom. The molecule has 1 aromatic carbocycles. The van der Waals surface area contributed by atoms with Crippen LogP contribution in [0.25, 0.3) is 0 Å². The lowest BCUT2D eigenvalue weighted by Gasteiger charge is -2.07. The lowest BCUT2D eigenvalue weighted by atomic mass is 10.1. The molecule has 0 radical (unpaired) electrons. The van der Waals surface area contributed by atoms with Crippen molar-refractivity contribution in [3.8, 4) is 5.75 Å². The van der Waals surface area contributed by atoms with Crippen LogP contribution in [-0.2, 0) is 11.2 Å². The molecule has 0 aromatic heterocycles. The van der Waals surface area contributed by atoms with E-state index in [4.69, 9.17) is 9.84 Å². The first-order valence-electron chi connectivity index (χ1n) is 4.19. The number of halogens is 1. The van der Waals surface area contributed by atoms with E-state index in [1.165, 1.54) is 19.2 Å². The van der Waals surface area contributed by atoms with Crippen LogP contribution in [0.3, 0.4) is 0 Å². The van der Waals surface area contributed by atoms with Gasteiger partial charge in [0.25, 0.3) is 0 Å². The Labute approximate surface area is 99.1 Å². The second-order valence-electron chi connectivity index (χ2n) is 2.90. The molecule has 0 atom stereocenters. The number of nitrogens with zero attached hydrogens (tertiary/aromatic N) is 1. The number of carboxylic acids is 1.